The molecule has 1 aromatic heterocycles. The third-order valence-electron chi connectivity index (χ3n) is 13.4. The molecule has 0 bridgehead atoms. The van der Waals surface area contributed by atoms with Crippen molar-refractivity contribution in [2.75, 3.05) is 106 Å². The molecule has 3 aromatic rings. The average molecular weight is 884 g/mol. The van der Waals surface area contributed by atoms with Crippen LogP contribution in [-0.4, -0.2) is 169 Å². The summed E-state index contributed by atoms with van der Waals surface area (Å²) in [6.45, 7) is 6.20. The predicted octanol–water partition coefficient (Wildman–Crippen LogP) is 2.57. The normalized spacial score (nSPS) is 22.2. The van der Waals surface area contributed by atoms with Crippen LogP contribution in [0.1, 0.15) is 69.6 Å². The SMILES string of the molecule is COc1cc(C(=O)N2CCN(CCN3CCN(c4cccc5c4C(=O)N(C4CCC(=O)NC4=O)C5=O)CC3)CC2)ccc1Nc1ncc2c(n1)N(C1CCCC1)CC(F)(F)C(=O)N2C. The molecule has 1 saturated carbocycles. The van der Waals surface area contributed by atoms with Crippen LogP contribution in [0.2, 0.25) is 0 Å². The lowest BCUT2D eigenvalue weighted by molar-refractivity contribution is -0.140. The maximum Gasteiger partial charge on any atom is 0.342 e. The molecule has 9 rings (SSSR count). The number of carbonyl (C=O) groups excluding carboxylic acids is 6. The lowest BCUT2D eigenvalue weighted by Crippen LogP contribution is -2.54. The number of anilines is 5. The number of hydrogen-bond acceptors (Lipinski definition) is 14. The van der Waals surface area contributed by atoms with Crippen LogP contribution in [0.5, 0.6) is 5.75 Å². The van der Waals surface area contributed by atoms with E-state index in [4.69, 9.17) is 4.74 Å². The predicted molar refractivity (Wildman–Crippen MR) is 230 cm³/mol. The molecule has 6 aliphatic rings. The van der Waals surface area contributed by atoms with Crippen LogP contribution in [0.25, 0.3) is 0 Å². The van der Waals surface area contributed by atoms with E-state index >= 15 is 8.78 Å². The molecule has 1 unspecified atom stereocenters. The van der Waals surface area contributed by atoms with E-state index in [1.165, 1.54) is 20.4 Å². The Bertz CT molecular complexity index is 2380. The van der Waals surface area contributed by atoms with Crippen LogP contribution in [0.3, 0.4) is 0 Å². The van der Waals surface area contributed by atoms with Gasteiger partial charge in [-0.05, 0) is 49.6 Å². The molecule has 0 spiro atoms. The molecule has 6 heterocycles. The molecule has 338 valence electrons. The zero-order chi connectivity index (χ0) is 44.9. The summed E-state index contributed by atoms with van der Waals surface area (Å²) in [6.07, 6.45) is 4.82. The minimum atomic E-state index is -3.59. The van der Waals surface area contributed by atoms with Crippen LogP contribution >= 0.6 is 0 Å². The van der Waals surface area contributed by atoms with Gasteiger partial charge in [-0.1, -0.05) is 18.9 Å². The number of aromatic nitrogens is 2. The minimum absolute atomic E-state index is 0.0634. The van der Waals surface area contributed by atoms with E-state index in [0.717, 1.165) is 61.7 Å². The smallest absolute Gasteiger partial charge is 0.342 e. The number of nitrogens with one attached hydrogen (secondary N) is 2. The highest BCUT2D eigenvalue weighted by molar-refractivity contribution is 6.25. The number of nitrogens with zero attached hydrogens (tertiary/aromatic N) is 9. The van der Waals surface area contributed by atoms with Gasteiger partial charge in [0.05, 0.1) is 42.4 Å². The van der Waals surface area contributed by atoms with Crippen molar-refractivity contribution in [3.63, 3.8) is 0 Å². The first-order chi connectivity index (χ1) is 30.8. The Kier molecular flexibility index (Phi) is 11.7. The maximum absolute atomic E-state index is 15.1. The van der Waals surface area contributed by atoms with Gasteiger partial charge in [0, 0.05) is 90.5 Å². The number of rotatable bonds is 10. The second-order valence-electron chi connectivity index (χ2n) is 17.2. The van der Waals surface area contributed by atoms with Crippen molar-refractivity contribution in [2.45, 2.75) is 56.5 Å². The average Bonchev–Trinajstić information content (AvgIpc) is 3.92. The van der Waals surface area contributed by atoms with Gasteiger partial charge in [-0.3, -0.25) is 48.8 Å². The number of methoxy groups -OCH3 is 1. The molecule has 0 radical (unpaired) electrons. The van der Waals surface area contributed by atoms with Gasteiger partial charge in [-0.25, -0.2) is 4.98 Å². The van der Waals surface area contributed by atoms with Gasteiger partial charge in [0.1, 0.15) is 17.5 Å². The van der Waals surface area contributed by atoms with Crippen LogP contribution in [-0.2, 0) is 14.4 Å². The monoisotopic (exact) mass is 883 g/mol. The Hall–Kier alpha value is -6.28. The van der Waals surface area contributed by atoms with Gasteiger partial charge in [0.25, 0.3) is 23.6 Å². The first kappa shape index (κ1) is 43.0. The van der Waals surface area contributed by atoms with Crippen molar-refractivity contribution in [1.29, 1.82) is 0 Å². The van der Waals surface area contributed by atoms with Crippen molar-refractivity contribution in [2.24, 2.45) is 0 Å². The van der Waals surface area contributed by atoms with Crippen LogP contribution in [0.4, 0.5) is 37.6 Å². The van der Waals surface area contributed by atoms with E-state index in [-0.39, 0.29) is 47.8 Å². The van der Waals surface area contributed by atoms with Gasteiger partial charge < -0.3 is 29.7 Å². The third-order valence-corrected chi connectivity index (χ3v) is 13.4. The summed E-state index contributed by atoms with van der Waals surface area (Å²) in [5, 5.41) is 5.38. The number of hydrogen-bond donors (Lipinski definition) is 2. The molecule has 5 aliphatic heterocycles. The number of halogens is 2. The number of fused-ring (bicyclic) bond motifs is 2. The number of piperidine rings is 1. The number of benzene rings is 2. The molecule has 2 aromatic carbocycles. The van der Waals surface area contributed by atoms with Crippen LogP contribution in [0, 0.1) is 0 Å². The lowest BCUT2D eigenvalue weighted by Gasteiger charge is -2.39. The zero-order valence-corrected chi connectivity index (χ0v) is 35.9. The van der Waals surface area contributed by atoms with E-state index < -0.39 is 48.0 Å². The number of piperazine rings is 2. The summed E-state index contributed by atoms with van der Waals surface area (Å²) < 4.78 is 35.8. The fourth-order valence-corrected chi connectivity index (χ4v) is 9.76. The molecular formula is C44H51F2N11O7. The molecule has 1 atom stereocenters. The highest BCUT2D eigenvalue weighted by Gasteiger charge is 2.49. The molecule has 20 heteroatoms. The first-order valence-corrected chi connectivity index (χ1v) is 21.9. The lowest BCUT2D eigenvalue weighted by atomic mass is 10.0. The molecule has 1 aliphatic carbocycles. The molecule has 6 amide bonds. The molecular weight excluding hydrogens is 833 g/mol. The molecule has 4 fully saturated rings. The maximum atomic E-state index is 15.1. The van der Waals surface area contributed by atoms with E-state index in [9.17, 15) is 28.8 Å². The summed E-state index contributed by atoms with van der Waals surface area (Å²) in [4.78, 5) is 98.8. The number of alkyl halides is 2. The highest BCUT2D eigenvalue weighted by Crippen LogP contribution is 2.40. The Morgan fingerprint density at radius 1 is 0.891 bits per heavy atom. The fraction of sp³-hybridized carbons (Fsp3) is 0.500. The summed E-state index contributed by atoms with van der Waals surface area (Å²) in [5.41, 5.74) is 2.38. The van der Waals surface area contributed by atoms with Crippen molar-refractivity contribution in [3.8, 4) is 5.75 Å². The topological polar surface area (TPSA) is 184 Å². The highest BCUT2D eigenvalue weighted by atomic mass is 19.3. The molecule has 3 saturated heterocycles. The van der Waals surface area contributed by atoms with E-state index in [2.05, 4.69) is 35.3 Å². The number of amides is 6. The van der Waals surface area contributed by atoms with Gasteiger partial charge in [-0.2, -0.15) is 13.8 Å². The van der Waals surface area contributed by atoms with E-state index in [0.29, 0.717) is 67.5 Å². The Morgan fingerprint density at radius 2 is 1.59 bits per heavy atom. The van der Waals surface area contributed by atoms with Crippen LogP contribution in [0.15, 0.2) is 42.6 Å². The second kappa shape index (κ2) is 17.4. The van der Waals surface area contributed by atoms with Crippen molar-refractivity contribution in [1.82, 2.24) is 34.9 Å². The number of ether oxygens (including phenoxy) is 1. The standard InChI is InChI=1S/C44H51F2N11O7/c1-51-33-25-47-43(50-37(33)56(28-6-3-4-7-28)26-44(45,46)42(51)63)48-30-11-10-27(24-34(30)64-2)39(60)55-22-18-53(19-23-55)15-14-52-16-20-54(21-17-52)31-9-5-8-29-36(31)41(62)57(40(29)61)32-12-13-35(58)49-38(32)59/h5,8-11,24-25,28,32H,3-4,6-7,12-23,26H2,1-2H3,(H,47,48,50)(H,49,58,59). The van der Waals surface area contributed by atoms with Gasteiger partial charge >= 0.3 is 5.92 Å². The quantitative estimate of drug-likeness (QED) is 0.284. The van der Waals surface area contributed by atoms with Gasteiger partial charge in [0.2, 0.25) is 17.8 Å². The molecule has 18 nitrogen and oxygen atoms in total. The Balaban J connectivity index is 0.771. The summed E-state index contributed by atoms with van der Waals surface area (Å²) in [7, 11) is 2.80. The summed E-state index contributed by atoms with van der Waals surface area (Å²) >= 11 is 0. The Labute approximate surface area is 368 Å². The number of imide groups is 2. The second-order valence-corrected chi connectivity index (χ2v) is 17.2. The minimum Gasteiger partial charge on any atom is -0.495 e. The fourth-order valence-electron chi connectivity index (χ4n) is 9.76. The van der Waals surface area contributed by atoms with Gasteiger partial charge in [-0.15, -0.1) is 0 Å². The number of carbonyl (C=O) groups is 6. The van der Waals surface area contributed by atoms with Crippen molar-refractivity contribution in [3.05, 3.63) is 59.3 Å². The molecule has 2 N–H and O–H groups in total. The van der Waals surface area contributed by atoms with Crippen LogP contribution < -0.4 is 30.1 Å². The largest absolute Gasteiger partial charge is 0.495 e. The first-order valence-electron chi connectivity index (χ1n) is 21.9. The summed E-state index contributed by atoms with van der Waals surface area (Å²) in [6, 6.07) is 9.08. The Morgan fingerprint density at radius 3 is 2.28 bits per heavy atom. The van der Waals surface area contributed by atoms with Crippen molar-refractivity contribution < 1.29 is 42.3 Å². The third kappa shape index (κ3) is 8.08. The summed E-state index contributed by atoms with van der Waals surface area (Å²) in [5.74, 6) is -6.32. The van der Waals surface area contributed by atoms with E-state index in [1.807, 2.05) is 11.0 Å². The van der Waals surface area contributed by atoms with Crippen molar-refractivity contribution >= 4 is 64.3 Å². The zero-order valence-electron chi connectivity index (χ0n) is 35.9. The van der Waals surface area contributed by atoms with Gasteiger partial charge in [0.15, 0.2) is 5.82 Å². The molecule has 64 heavy (non-hydrogen) atoms. The van der Waals surface area contributed by atoms with E-state index in [1.54, 1.807) is 35.2 Å².